The van der Waals surface area contributed by atoms with E-state index in [1.165, 1.54) is 29.1 Å². The first-order chi connectivity index (χ1) is 7.81. The monoisotopic (exact) mass is 235 g/mol. The summed E-state index contributed by atoms with van der Waals surface area (Å²) in [5.41, 5.74) is 2.89. The topological polar surface area (TPSA) is 12.0 Å². The molecule has 1 fully saturated rings. The second-order valence-electron chi connectivity index (χ2n) is 4.70. The molecule has 1 aliphatic rings. The predicted molar refractivity (Wildman–Crippen MR) is 73.3 cm³/mol. The highest BCUT2D eigenvalue weighted by molar-refractivity contribution is 7.99. The van der Waals surface area contributed by atoms with Crippen LogP contribution in [0.15, 0.2) is 24.3 Å². The lowest BCUT2D eigenvalue weighted by atomic mass is 9.85. The molecule has 0 saturated carbocycles. The van der Waals surface area contributed by atoms with E-state index in [2.05, 4.69) is 55.3 Å². The maximum atomic E-state index is 3.35. The lowest BCUT2D eigenvalue weighted by molar-refractivity contribution is 0.453. The molecule has 0 radical (unpaired) electrons. The van der Waals surface area contributed by atoms with E-state index in [4.69, 9.17) is 0 Å². The quantitative estimate of drug-likeness (QED) is 0.861. The van der Waals surface area contributed by atoms with Gasteiger partial charge in [-0.05, 0) is 49.3 Å². The van der Waals surface area contributed by atoms with Gasteiger partial charge in [-0.3, -0.25) is 0 Å². The van der Waals surface area contributed by atoms with Gasteiger partial charge in [-0.1, -0.05) is 29.8 Å². The molecule has 0 spiro atoms. The van der Waals surface area contributed by atoms with Gasteiger partial charge in [0.15, 0.2) is 0 Å². The summed E-state index contributed by atoms with van der Waals surface area (Å²) in [4.78, 5) is 0. The number of nitrogens with one attached hydrogen (secondary N) is 1. The molecule has 0 aromatic heterocycles. The van der Waals surface area contributed by atoms with Gasteiger partial charge >= 0.3 is 0 Å². The summed E-state index contributed by atoms with van der Waals surface area (Å²) >= 11 is 2.11. The van der Waals surface area contributed by atoms with E-state index in [-0.39, 0.29) is 0 Å². The maximum Gasteiger partial charge on any atom is 0.00201 e. The Balaban J connectivity index is 2.17. The van der Waals surface area contributed by atoms with Crippen molar-refractivity contribution in [2.75, 3.05) is 25.1 Å². The molecule has 1 heterocycles. The highest BCUT2D eigenvalue weighted by Crippen LogP contribution is 2.35. The molecule has 2 heteroatoms. The van der Waals surface area contributed by atoms with Crippen LogP contribution in [-0.4, -0.2) is 25.1 Å². The van der Waals surface area contributed by atoms with Crippen molar-refractivity contribution >= 4 is 11.8 Å². The van der Waals surface area contributed by atoms with Gasteiger partial charge in [0.1, 0.15) is 0 Å². The molecule has 16 heavy (non-hydrogen) atoms. The number of benzene rings is 1. The average Bonchev–Trinajstić information content (AvgIpc) is 2.79. The van der Waals surface area contributed by atoms with E-state index in [1.54, 1.807) is 0 Å². The molecule has 0 bridgehead atoms. The first kappa shape index (κ1) is 12.0. The Hall–Kier alpha value is -0.470. The Morgan fingerprint density at radius 3 is 3.00 bits per heavy atom. The third-order valence-electron chi connectivity index (χ3n) is 3.43. The third-order valence-corrected chi connectivity index (χ3v) is 4.62. The molecule has 88 valence electrons. The second kappa shape index (κ2) is 5.74. The Labute approximate surface area is 103 Å². The van der Waals surface area contributed by atoms with Crippen LogP contribution in [-0.2, 0) is 0 Å². The normalized spacial score (nSPS) is 22.2. The van der Waals surface area contributed by atoms with Crippen LogP contribution in [0.25, 0.3) is 0 Å². The van der Waals surface area contributed by atoms with E-state index in [1.807, 2.05) is 0 Å². The summed E-state index contributed by atoms with van der Waals surface area (Å²) in [6.45, 7) is 3.29. The van der Waals surface area contributed by atoms with Gasteiger partial charge in [0.25, 0.3) is 0 Å². The van der Waals surface area contributed by atoms with E-state index in [0.717, 1.165) is 12.5 Å². The van der Waals surface area contributed by atoms with Crippen LogP contribution >= 0.6 is 11.8 Å². The minimum atomic E-state index is 0.694. The van der Waals surface area contributed by atoms with Crippen molar-refractivity contribution in [3.8, 4) is 0 Å². The van der Waals surface area contributed by atoms with Crippen LogP contribution in [0.4, 0.5) is 0 Å². The zero-order valence-electron chi connectivity index (χ0n) is 10.2. The van der Waals surface area contributed by atoms with Crippen LogP contribution in [0.1, 0.15) is 23.5 Å². The van der Waals surface area contributed by atoms with Crippen LogP contribution in [0.5, 0.6) is 0 Å². The van der Waals surface area contributed by atoms with Gasteiger partial charge < -0.3 is 5.32 Å². The second-order valence-corrected chi connectivity index (χ2v) is 5.85. The Morgan fingerprint density at radius 1 is 1.50 bits per heavy atom. The van der Waals surface area contributed by atoms with Gasteiger partial charge in [0.05, 0.1) is 0 Å². The fourth-order valence-corrected chi connectivity index (χ4v) is 3.89. The summed E-state index contributed by atoms with van der Waals surface area (Å²) in [5, 5.41) is 3.35. The maximum absolute atomic E-state index is 3.35. The summed E-state index contributed by atoms with van der Waals surface area (Å²) in [6, 6.07) is 9.02. The summed E-state index contributed by atoms with van der Waals surface area (Å²) in [7, 11) is 2.06. The largest absolute Gasteiger partial charge is 0.319 e. The molecule has 1 N–H and O–H groups in total. The molecule has 0 amide bonds. The summed E-state index contributed by atoms with van der Waals surface area (Å²) < 4.78 is 0. The van der Waals surface area contributed by atoms with Gasteiger partial charge in [-0.15, -0.1) is 0 Å². The van der Waals surface area contributed by atoms with Crippen molar-refractivity contribution in [2.45, 2.75) is 19.3 Å². The van der Waals surface area contributed by atoms with Crippen molar-refractivity contribution in [3.63, 3.8) is 0 Å². The SMILES string of the molecule is CNCC(c1cccc(C)c1)C1CCSC1. The highest BCUT2D eigenvalue weighted by Gasteiger charge is 2.26. The smallest absolute Gasteiger partial charge is 0.00201 e. The molecular weight excluding hydrogens is 214 g/mol. The molecule has 1 aromatic rings. The molecule has 1 aromatic carbocycles. The zero-order chi connectivity index (χ0) is 11.4. The van der Waals surface area contributed by atoms with E-state index in [9.17, 15) is 0 Å². The molecule has 2 atom stereocenters. The number of hydrogen-bond acceptors (Lipinski definition) is 2. The molecule has 2 rings (SSSR count). The van der Waals surface area contributed by atoms with E-state index in [0.29, 0.717) is 5.92 Å². The Morgan fingerprint density at radius 2 is 2.38 bits per heavy atom. The van der Waals surface area contributed by atoms with Crippen molar-refractivity contribution in [1.29, 1.82) is 0 Å². The third kappa shape index (κ3) is 2.80. The minimum absolute atomic E-state index is 0.694. The van der Waals surface area contributed by atoms with Crippen LogP contribution in [0, 0.1) is 12.8 Å². The molecule has 1 aliphatic heterocycles. The number of hydrogen-bond donors (Lipinski definition) is 1. The average molecular weight is 235 g/mol. The summed E-state index contributed by atoms with van der Waals surface area (Å²) in [5.74, 6) is 4.23. The minimum Gasteiger partial charge on any atom is -0.319 e. The lowest BCUT2D eigenvalue weighted by Crippen LogP contribution is -2.24. The van der Waals surface area contributed by atoms with Crippen LogP contribution in [0.2, 0.25) is 0 Å². The Bertz CT molecular complexity index is 331. The fourth-order valence-electron chi connectivity index (χ4n) is 2.55. The highest BCUT2D eigenvalue weighted by atomic mass is 32.2. The van der Waals surface area contributed by atoms with Crippen molar-refractivity contribution in [2.24, 2.45) is 5.92 Å². The lowest BCUT2D eigenvalue weighted by Gasteiger charge is -2.23. The van der Waals surface area contributed by atoms with Crippen LogP contribution < -0.4 is 5.32 Å². The predicted octanol–water partition coefficient (Wildman–Crippen LogP) is 3.05. The van der Waals surface area contributed by atoms with Gasteiger partial charge in [0.2, 0.25) is 0 Å². The fraction of sp³-hybridized carbons (Fsp3) is 0.571. The zero-order valence-corrected chi connectivity index (χ0v) is 11.0. The van der Waals surface area contributed by atoms with Gasteiger partial charge in [-0.2, -0.15) is 11.8 Å². The summed E-state index contributed by atoms with van der Waals surface area (Å²) in [6.07, 6.45) is 1.38. The number of thioether (sulfide) groups is 1. The van der Waals surface area contributed by atoms with E-state index >= 15 is 0 Å². The standard InChI is InChI=1S/C14H21NS/c1-11-4-3-5-12(8-11)14(9-15-2)13-6-7-16-10-13/h3-5,8,13-15H,6-7,9-10H2,1-2H3. The van der Waals surface area contributed by atoms with E-state index < -0.39 is 0 Å². The first-order valence-corrected chi connectivity index (χ1v) is 7.25. The van der Waals surface area contributed by atoms with Crippen molar-refractivity contribution in [3.05, 3.63) is 35.4 Å². The number of rotatable bonds is 4. The van der Waals surface area contributed by atoms with Crippen LogP contribution in [0.3, 0.4) is 0 Å². The molecule has 1 saturated heterocycles. The first-order valence-electron chi connectivity index (χ1n) is 6.10. The van der Waals surface area contributed by atoms with Crippen molar-refractivity contribution in [1.82, 2.24) is 5.32 Å². The van der Waals surface area contributed by atoms with Gasteiger partial charge in [0, 0.05) is 6.54 Å². The molecular formula is C14H21NS. The number of likely N-dealkylation sites (N-methyl/N-ethyl adjacent to an activating group) is 1. The molecule has 1 nitrogen and oxygen atoms in total. The van der Waals surface area contributed by atoms with Crippen molar-refractivity contribution < 1.29 is 0 Å². The number of aryl methyl sites for hydroxylation is 1. The van der Waals surface area contributed by atoms with Gasteiger partial charge in [-0.25, -0.2) is 0 Å². The molecule has 2 unspecified atom stereocenters. The molecule has 0 aliphatic carbocycles. The Kier molecular flexibility index (Phi) is 4.30.